The molecule has 0 aromatic carbocycles. The van der Waals surface area contributed by atoms with E-state index in [1.54, 1.807) is 0 Å². The van der Waals surface area contributed by atoms with Gasteiger partial charge in [-0.15, -0.1) is 0 Å². The molecule has 2 saturated heterocycles. The van der Waals surface area contributed by atoms with E-state index in [-0.39, 0.29) is 0 Å². The van der Waals surface area contributed by atoms with E-state index in [1.807, 2.05) is 0 Å². The molecule has 1 atom stereocenters. The quantitative estimate of drug-likeness (QED) is 0.778. The molecule has 1 saturated carbocycles. The van der Waals surface area contributed by atoms with Crippen molar-refractivity contribution in [3.63, 3.8) is 0 Å². The first-order valence-electron chi connectivity index (χ1n) is 8.35. The second kappa shape index (κ2) is 6.02. The van der Waals surface area contributed by atoms with Gasteiger partial charge in [0.25, 0.3) is 0 Å². The van der Waals surface area contributed by atoms with Gasteiger partial charge in [-0.1, -0.05) is 0 Å². The Morgan fingerprint density at radius 2 is 1.75 bits per heavy atom. The van der Waals surface area contributed by atoms with E-state index >= 15 is 0 Å². The van der Waals surface area contributed by atoms with Crippen LogP contribution in [-0.4, -0.2) is 73.0 Å². The third kappa shape index (κ3) is 3.34. The number of likely N-dealkylation sites (N-methyl/N-ethyl adjacent to an activating group) is 1. The largest absolute Gasteiger partial charge is 0.342 e. The van der Waals surface area contributed by atoms with Crippen LogP contribution in [0.15, 0.2) is 0 Å². The van der Waals surface area contributed by atoms with Crippen molar-refractivity contribution in [2.24, 2.45) is 11.8 Å². The van der Waals surface area contributed by atoms with Crippen LogP contribution in [0.25, 0.3) is 0 Å². The van der Waals surface area contributed by atoms with Crippen molar-refractivity contribution in [3.8, 4) is 0 Å². The van der Waals surface area contributed by atoms with Gasteiger partial charge in [-0.2, -0.15) is 0 Å². The molecule has 0 aromatic heterocycles. The Balaban J connectivity index is 1.43. The lowest BCUT2D eigenvalue weighted by Crippen LogP contribution is -2.52. The molecule has 3 aliphatic rings. The molecule has 2 aliphatic heterocycles. The van der Waals surface area contributed by atoms with Gasteiger partial charge in [0.15, 0.2) is 0 Å². The predicted molar refractivity (Wildman–Crippen MR) is 80.6 cm³/mol. The number of rotatable bonds is 3. The summed E-state index contributed by atoms with van der Waals surface area (Å²) in [4.78, 5) is 19.3. The highest BCUT2D eigenvalue weighted by Gasteiger charge is 2.35. The number of nitrogens with zero attached hydrogens (tertiary/aromatic N) is 3. The zero-order chi connectivity index (χ0) is 14.1. The normalized spacial score (nSPS) is 30.7. The van der Waals surface area contributed by atoms with Crippen LogP contribution in [0.3, 0.4) is 0 Å². The van der Waals surface area contributed by atoms with Gasteiger partial charge in [0, 0.05) is 51.2 Å². The average Bonchev–Trinajstić information content (AvgIpc) is 3.26. The van der Waals surface area contributed by atoms with Gasteiger partial charge < -0.3 is 9.80 Å². The van der Waals surface area contributed by atoms with Gasteiger partial charge in [-0.25, -0.2) is 0 Å². The summed E-state index contributed by atoms with van der Waals surface area (Å²) < 4.78 is 0. The van der Waals surface area contributed by atoms with Crippen LogP contribution in [0.4, 0.5) is 0 Å². The van der Waals surface area contributed by atoms with Crippen molar-refractivity contribution >= 4 is 5.91 Å². The third-order valence-corrected chi connectivity index (χ3v) is 5.31. The van der Waals surface area contributed by atoms with Crippen molar-refractivity contribution in [2.75, 3.05) is 46.3 Å². The molecule has 1 amide bonds. The molecule has 0 bridgehead atoms. The van der Waals surface area contributed by atoms with Crippen LogP contribution in [0.1, 0.15) is 32.6 Å². The Morgan fingerprint density at radius 1 is 1.05 bits per heavy atom. The van der Waals surface area contributed by atoms with Gasteiger partial charge in [0.2, 0.25) is 5.91 Å². The van der Waals surface area contributed by atoms with Crippen LogP contribution < -0.4 is 0 Å². The summed E-state index contributed by atoms with van der Waals surface area (Å²) in [5, 5.41) is 0. The average molecular weight is 279 g/mol. The molecule has 4 heteroatoms. The van der Waals surface area contributed by atoms with E-state index in [0.717, 1.165) is 31.8 Å². The molecule has 0 radical (unpaired) electrons. The minimum atomic E-state index is 0.393. The fourth-order valence-corrected chi connectivity index (χ4v) is 3.70. The molecule has 0 unspecified atom stereocenters. The highest BCUT2D eigenvalue weighted by atomic mass is 16.2. The lowest BCUT2D eigenvalue weighted by Gasteiger charge is -2.41. The lowest BCUT2D eigenvalue weighted by atomic mass is 9.95. The molecule has 20 heavy (non-hydrogen) atoms. The number of carbonyl (C=O) groups excluding carboxylic acids is 1. The molecule has 3 fully saturated rings. The maximum Gasteiger partial charge on any atom is 0.225 e. The minimum absolute atomic E-state index is 0.393. The van der Waals surface area contributed by atoms with Crippen molar-refractivity contribution in [1.29, 1.82) is 0 Å². The molecule has 1 aliphatic carbocycles. The number of hydrogen-bond donors (Lipinski definition) is 0. The highest BCUT2D eigenvalue weighted by molar-refractivity contribution is 5.81. The number of amides is 1. The molecule has 0 spiro atoms. The van der Waals surface area contributed by atoms with Gasteiger partial charge in [-0.3, -0.25) is 9.69 Å². The Bertz CT molecular complexity index is 348. The molecular weight excluding hydrogens is 250 g/mol. The summed E-state index contributed by atoms with van der Waals surface area (Å²) in [5.41, 5.74) is 0. The first-order valence-corrected chi connectivity index (χ1v) is 8.35. The molecule has 0 aromatic rings. The van der Waals surface area contributed by atoms with Gasteiger partial charge in [0.05, 0.1) is 0 Å². The topological polar surface area (TPSA) is 26.8 Å². The Labute approximate surface area is 123 Å². The monoisotopic (exact) mass is 279 g/mol. The zero-order valence-electron chi connectivity index (χ0n) is 13.1. The Hall–Kier alpha value is -0.610. The van der Waals surface area contributed by atoms with Gasteiger partial charge in [0.1, 0.15) is 0 Å². The zero-order valence-corrected chi connectivity index (χ0v) is 13.1. The number of piperidine rings is 1. The molecule has 2 heterocycles. The van der Waals surface area contributed by atoms with E-state index in [2.05, 4.69) is 28.7 Å². The van der Waals surface area contributed by atoms with E-state index in [0.29, 0.717) is 17.9 Å². The second-order valence-electron chi connectivity index (χ2n) is 7.15. The standard InChI is InChI=1S/C16H29N3O/c1-13-11-17(2)9-10-19(13)12-14-5-7-18(8-6-14)16(20)15-3-4-15/h13-15H,3-12H2,1-2H3/t13-/m0/s1. The van der Waals surface area contributed by atoms with Crippen molar-refractivity contribution in [2.45, 2.75) is 38.6 Å². The van der Waals surface area contributed by atoms with Crippen molar-refractivity contribution in [1.82, 2.24) is 14.7 Å². The van der Waals surface area contributed by atoms with E-state index in [1.165, 1.54) is 39.0 Å². The lowest BCUT2D eigenvalue weighted by molar-refractivity contribution is -0.134. The van der Waals surface area contributed by atoms with Crippen LogP contribution in [0.5, 0.6) is 0 Å². The molecule has 3 rings (SSSR count). The molecular formula is C16H29N3O. The third-order valence-electron chi connectivity index (χ3n) is 5.31. The molecule has 4 nitrogen and oxygen atoms in total. The number of carbonyl (C=O) groups is 1. The van der Waals surface area contributed by atoms with E-state index in [9.17, 15) is 4.79 Å². The predicted octanol–water partition coefficient (Wildman–Crippen LogP) is 1.27. The fourth-order valence-electron chi connectivity index (χ4n) is 3.70. The van der Waals surface area contributed by atoms with E-state index < -0.39 is 0 Å². The fraction of sp³-hybridized carbons (Fsp3) is 0.938. The summed E-state index contributed by atoms with van der Waals surface area (Å²) in [7, 11) is 2.22. The number of likely N-dealkylation sites (tertiary alicyclic amines) is 1. The first-order chi connectivity index (χ1) is 9.63. The molecule has 0 N–H and O–H groups in total. The summed E-state index contributed by atoms with van der Waals surface area (Å²) in [6.07, 6.45) is 4.68. The van der Waals surface area contributed by atoms with Crippen LogP contribution >= 0.6 is 0 Å². The van der Waals surface area contributed by atoms with Gasteiger partial charge >= 0.3 is 0 Å². The second-order valence-corrected chi connectivity index (χ2v) is 7.15. The Morgan fingerprint density at radius 3 is 2.35 bits per heavy atom. The summed E-state index contributed by atoms with van der Waals surface area (Å²) in [5.74, 6) is 1.63. The minimum Gasteiger partial charge on any atom is -0.342 e. The summed E-state index contributed by atoms with van der Waals surface area (Å²) >= 11 is 0. The van der Waals surface area contributed by atoms with Crippen molar-refractivity contribution in [3.05, 3.63) is 0 Å². The smallest absolute Gasteiger partial charge is 0.225 e. The van der Waals surface area contributed by atoms with Gasteiger partial charge in [-0.05, 0) is 45.6 Å². The highest BCUT2D eigenvalue weighted by Crippen LogP contribution is 2.32. The van der Waals surface area contributed by atoms with Crippen LogP contribution in [0, 0.1) is 11.8 Å². The van der Waals surface area contributed by atoms with Crippen LogP contribution in [-0.2, 0) is 4.79 Å². The summed E-state index contributed by atoms with van der Waals surface area (Å²) in [6.45, 7) is 9.19. The van der Waals surface area contributed by atoms with Crippen molar-refractivity contribution < 1.29 is 4.79 Å². The summed E-state index contributed by atoms with van der Waals surface area (Å²) in [6, 6.07) is 0.680. The number of hydrogen-bond acceptors (Lipinski definition) is 3. The van der Waals surface area contributed by atoms with Crippen LogP contribution in [0.2, 0.25) is 0 Å². The maximum absolute atomic E-state index is 12.1. The Kier molecular flexibility index (Phi) is 4.32. The molecule has 114 valence electrons. The maximum atomic E-state index is 12.1. The first kappa shape index (κ1) is 14.3. The van der Waals surface area contributed by atoms with E-state index in [4.69, 9.17) is 0 Å². The SMILES string of the molecule is C[C@H]1CN(C)CCN1CC1CCN(C(=O)C2CC2)CC1. The number of piperazine rings is 1.